The van der Waals surface area contributed by atoms with Gasteiger partial charge in [0, 0.05) is 11.6 Å². The number of hydrogen-bond acceptors (Lipinski definition) is 3. The van der Waals surface area contributed by atoms with E-state index in [2.05, 4.69) is 18.6 Å². The number of ether oxygens (including phenoxy) is 2. The molecule has 0 spiro atoms. The molecule has 92 valence electrons. The van der Waals surface area contributed by atoms with Gasteiger partial charge in [0.25, 0.3) is 0 Å². The first kappa shape index (κ1) is 13.3. The summed E-state index contributed by atoms with van der Waals surface area (Å²) in [5, 5.41) is 0. The predicted octanol–water partition coefficient (Wildman–Crippen LogP) is 3.00. The van der Waals surface area contributed by atoms with E-state index in [1.54, 1.807) is 13.2 Å². The van der Waals surface area contributed by atoms with Crippen LogP contribution in [0.25, 0.3) is 6.08 Å². The van der Waals surface area contributed by atoms with E-state index in [1.807, 2.05) is 18.2 Å². The zero-order valence-electron chi connectivity index (χ0n) is 10.7. The highest BCUT2D eigenvalue weighted by Gasteiger charge is 2.10. The second kappa shape index (κ2) is 6.09. The van der Waals surface area contributed by atoms with Gasteiger partial charge in [0.15, 0.2) is 0 Å². The van der Waals surface area contributed by atoms with Gasteiger partial charge in [-0.15, -0.1) is 0 Å². The van der Waals surface area contributed by atoms with Crippen LogP contribution in [0.1, 0.15) is 30.9 Å². The molecule has 1 aromatic carbocycles. The fraction of sp³-hybridized carbons (Fsp3) is 0.357. The predicted molar refractivity (Wildman–Crippen MR) is 68.1 cm³/mol. The molecule has 0 aliphatic carbocycles. The Kier molecular flexibility index (Phi) is 4.76. The van der Waals surface area contributed by atoms with Crippen molar-refractivity contribution in [1.82, 2.24) is 0 Å². The number of hydrogen-bond donors (Lipinski definition) is 0. The molecule has 0 atom stereocenters. The van der Waals surface area contributed by atoms with Crippen LogP contribution in [0.4, 0.5) is 0 Å². The summed E-state index contributed by atoms with van der Waals surface area (Å²) in [7, 11) is 2.99. The Bertz CT molecular complexity index is 419. The summed E-state index contributed by atoms with van der Waals surface area (Å²) >= 11 is 0. The summed E-state index contributed by atoms with van der Waals surface area (Å²) < 4.78 is 9.96. The van der Waals surface area contributed by atoms with Crippen LogP contribution >= 0.6 is 0 Å². The molecule has 0 radical (unpaired) electrons. The van der Waals surface area contributed by atoms with Gasteiger partial charge in [0.2, 0.25) is 0 Å². The van der Waals surface area contributed by atoms with Crippen molar-refractivity contribution in [3.8, 4) is 5.75 Å². The van der Waals surface area contributed by atoms with Gasteiger partial charge >= 0.3 is 5.97 Å². The monoisotopic (exact) mass is 234 g/mol. The van der Waals surface area contributed by atoms with Crippen molar-refractivity contribution < 1.29 is 14.3 Å². The van der Waals surface area contributed by atoms with Gasteiger partial charge in [-0.25, -0.2) is 4.79 Å². The van der Waals surface area contributed by atoms with Crippen LogP contribution in [0.5, 0.6) is 5.75 Å². The third-order valence-electron chi connectivity index (χ3n) is 2.50. The maximum atomic E-state index is 11.1. The molecule has 0 bridgehead atoms. The molecule has 17 heavy (non-hydrogen) atoms. The Hall–Kier alpha value is -1.77. The van der Waals surface area contributed by atoms with Gasteiger partial charge in [0.1, 0.15) is 5.75 Å². The van der Waals surface area contributed by atoms with E-state index in [1.165, 1.54) is 13.2 Å². The molecule has 3 nitrogen and oxygen atoms in total. The van der Waals surface area contributed by atoms with Crippen molar-refractivity contribution in [2.24, 2.45) is 0 Å². The highest BCUT2D eigenvalue weighted by Crippen LogP contribution is 2.30. The minimum Gasteiger partial charge on any atom is -0.496 e. The van der Waals surface area contributed by atoms with Crippen LogP contribution in [0.3, 0.4) is 0 Å². The third-order valence-corrected chi connectivity index (χ3v) is 2.50. The van der Waals surface area contributed by atoms with Gasteiger partial charge in [-0.3, -0.25) is 0 Å². The lowest BCUT2D eigenvalue weighted by Gasteiger charge is -2.13. The molecule has 0 aliphatic rings. The van der Waals surface area contributed by atoms with Gasteiger partial charge in [0.05, 0.1) is 14.2 Å². The van der Waals surface area contributed by atoms with Crippen LogP contribution in [0, 0.1) is 0 Å². The Labute approximate surface area is 102 Å². The summed E-state index contributed by atoms with van der Waals surface area (Å²) in [5.74, 6) is 0.807. The van der Waals surface area contributed by atoms with E-state index in [0.717, 1.165) is 16.9 Å². The third kappa shape index (κ3) is 3.34. The maximum Gasteiger partial charge on any atom is 0.330 e. The van der Waals surface area contributed by atoms with Crippen molar-refractivity contribution in [1.29, 1.82) is 0 Å². The average molecular weight is 234 g/mol. The lowest BCUT2D eigenvalue weighted by molar-refractivity contribution is -0.134. The lowest BCUT2D eigenvalue weighted by atomic mass is 9.99. The van der Waals surface area contributed by atoms with Crippen LogP contribution < -0.4 is 4.74 Å². The van der Waals surface area contributed by atoms with E-state index in [0.29, 0.717) is 5.92 Å². The van der Waals surface area contributed by atoms with Crippen LogP contribution in [0.2, 0.25) is 0 Å². The van der Waals surface area contributed by atoms with Crippen molar-refractivity contribution in [3.05, 3.63) is 35.4 Å². The number of para-hydroxylation sites is 1. The highest BCUT2D eigenvalue weighted by molar-refractivity contribution is 5.87. The smallest absolute Gasteiger partial charge is 0.330 e. The molecule has 0 aliphatic heterocycles. The number of methoxy groups -OCH3 is 2. The second-order valence-corrected chi connectivity index (χ2v) is 3.98. The molecule has 0 amide bonds. The standard InChI is InChI=1S/C14H18O3/c1-10(2)12-7-5-6-11(14(12)17-4)8-9-13(15)16-3/h5-10H,1-4H3/b9-8-. The van der Waals surface area contributed by atoms with Crippen LogP contribution in [0.15, 0.2) is 24.3 Å². The largest absolute Gasteiger partial charge is 0.496 e. The zero-order chi connectivity index (χ0) is 12.8. The van der Waals surface area contributed by atoms with E-state index in [4.69, 9.17) is 4.74 Å². The summed E-state index contributed by atoms with van der Waals surface area (Å²) in [4.78, 5) is 11.1. The Morgan fingerprint density at radius 1 is 1.29 bits per heavy atom. The summed E-state index contributed by atoms with van der Waals surface area (Å²) in [6.45, 7) is 4.21. The van der Waals surface area contributed by atoms with E-state index >= 15 is 0 Å². The zero-order valence-corrected chi connectivity index (χ0v) is 10.7. The van der Waals surface area contributed by atoms with E-state index < -0.39 is 0 Å². The Morgan fingerprint density at radius 2 is 2.00 bits per heavy atom. The SMILES string of the molecule is COC(=O)/C=C\c1cccc(C(C)C)c1OC. The first-order valence-corrected chi connectivity index (χ1v) is 5.53. The molecule has 0 saturated heterocycles. The van der Waals surface area contributed by atoms with Crippen molar-refractivity contribution in [2.75, 3.05) is 14.2 Å². The van der Waals surface area contributed by atoms with Gasteiger partial charge < -0.3 is 9.47 Å². The average Bonchev–Trinajstić information content (AvgIpc) is 2.34. The fourth-order valence-corrected chi connectivity index (χ4v) is 1.62. The molecule has 0 heterocycles. The Morgan fingerprint density at radius 3 is 2.53 bits per heavy atom. The van der Waals surface area contributed by atoms with Crippen molar-refractivity contribution >= 4 is 12.0 Å². The molecule has 0 unspecified atom stereocenters. The summed E-state index contributed by atoms with van der Waals surface area (Å²) in [6.07, 6.45) is 3.10. The molecule has 3 heteroatoms. The molecule has 1 rings (SSSR count). The molecular weight excluding hydrogens is 216 g/mol. The Balaban J connectivity index is 3.11. The number of carbonyl (C=O) groups is 1. The summed E-state index contributed by atoms with van der Waals surface area (Å²) in [6, 6.07) is 5.89. The molecule has 0 aromatic heterocycles. The quantitative estimate of drug-likeness (QED) is 0.593. The minimum absolute atomic E-state index is 0.372. The van der Waals surface area contributed by atoms with Crippen molar-refractivity contribution in [3.63, 3.8) is 0 Å². The van der Waals surface area contributed by atoms with E-state index in [9.17, 15) is 4.79 Å². The number of carbonyl (C=O) groups excluding carboxylic acids is 1. The normalized spacial score (nSPS) is 10.9. The molecule has 0 N–H and O–H groups in total. The second-order valence-electron chi connectivity index (χ2n) is 3.98. The molecule has 1 aromatic rings. The molecule has 0 saturated carbocycles. The van der Waals surface area contributed by atoms with Crippen molar-refractivity contribution in [2.45, 2.75) is 19.8 Å². The van der Waals surface area contributed by atoms with E-state index in [-0.39, 0.29) is 5.97 Å². The molecule has 0 fully saturated rings. The summed E-state index contributed by atoms with van der Waals surface area (Å²) in [5.41, 5.74) is 2.00. The molecular formula is C14H18O3. The maximum absolute atomic E-state index is 11.1. The van der Waals surface area contributed by atoms with Gasteiger partial charge in [-0.05, 0) is 17.6 Å². The van der Waals surface area contributed by atoms with Gasteiger partial charge in [-0.2, -0.15) is 0 Å². The van der Waals surface area contributed by atoms with Gasteiger partial charge in [-0.1, -0.05) is 32.0 Å². The number of rotatable bonds is 4. The minimum atomic E-state index is -0.373. The first-order chi connectivity index (χ1) is 8.10. The number of benzene rings is 1. The van der Waals surface area contributed by atoms with Crippen LogP contribution in [-0.4, -0.2) is 20.2 Å². The fourth-order valence-electron chi connectivity index (χ4n) is 1.62. The lowest BCUT2D eigenvalue weighted by Crippen LogP contribution is -1.97. The highest BCUT2D eigenvalue weighted by atomic mass is 16.5. The topological polar surface area (TPSA) is 35.5 Å². The number of esters is 1. The first-order valence-electron chi connectivity index (χ1n) is 5.53. The van der Waals surface area contributed by atoms with Crippen LogP contribution in [-0.2, 0) is 9.53 Å².